The molecule has 2 aromatic carbocycles. The van der Waals surface area contributed by atoms with Gasteiger partial charge in [-0.15, -0.1) is 0 Å². The molecule has 0 aliphatic carbocycles. The van der Waals surface area contributed by atoms with Gasteiger partial charge >= 0.3 is 11.9 Å². The first-order chi connectivity index (χ1) is 12.5. The number of hydrogen-bond donors (Lipinski definition) is 2. The molecule has 6 nitrogen and oxygen atoms in total. The second kappa shape index (κ2) is 7.40. The van der Waals surface area contributed by atoms with Crippen molar-refractivity contribution in [3.05, 3.63) is 83.7 Å². The average Bonchev–Trinajstić information content (AvgIpc) is 2.67. The third-order valence-corrected chi connectivity index (χ3v) is 3.70. The number of aromatic nitrogens is 1. The van der Waals surface area contributed by atoms with Gasteiger partial charge in [0.2, 0.25) is 0 Å². The summed E-state index contributed by atoms with van der Waals surface area (Å²) in [5.41, 5.74) is 2.91. The number of aromatic carboxylic acids is 2. The maximum atomic E-state index is 11.1. The minimum atomic E-state index is -1.20. The van der Waals surface area contributed by atoms with Crippen LogP contribution in [0.25, 0.3) is 11.1 Å². The second-order valence-corrected chi connectivity index (χ2v) is 5.49. The first kappa shape index (κ1) is 17.0. The van der Waals surface area contributed by atoms with Gasteiger partial charge in [0.05, 0.1) is 16.8 Å². The van der Waals surface area contributed by atoms with Crippen molar-refractivity contribution in [3.63, 3.8) is 0 Å². The van der Waals surface area contributed by atoms with E-state index in [9.17, 15) is 9.59 Å². The molecule has 128 valence electrons. The van der Waals surface area contributed by atoms with Crippen LogP contribution in [0.1, 0.15) is 26.3 Å². The Balaban J connectivity index is 1.85. The van der Waals surface area contributed by atoms with Gasteiger partial charge in [0.1, 0.15) is 0 Å². The Bertz CT molecular complexity index is 948. The lowest BCUT2D eigenvalue weighted by Gasteiger charge is -2.02. The number of carboxylic acid groups (broad SMARTS) is 2. The van der Waals surface area contributed by atoms with Crippen LogP contribution < -0.4 is 0 Å². The molecule has 0 saturated heterocycles. The van der Waals surface area contributed by atoms with Gasteiger partial charge in [-0.1, -0.05) is 24.3 Å². The molecule has 0 bridgehead atoms. The zero-order valence-corrected chi connectivity index (χ0v) is 13.5. The van der Waals surface area contributed by atoms with E-state index in [1.54, 1.807) is 18.6 Å². The third-order valence-electron chi connectivity index (χ3n) is 3.70. The number of aliphatic imine (C=N–C) groups is 1. The summed E-state index contributed by atoms with van der Waals surface area (Å²) in [6.07, 6.45) is 5.00. The van der Waals surface area contributed by atoms with E-state index in [1.165, 1.54) is 12.1 Å². The highest BCUT2D eigenvalue weighted by Crippen LogP contribution is 2.20. The summed E-state index contributed by atoms with van der Waals surface area (Å²) in [4.78, 5) is 30.4. The number of carbonyl (C=O) groups is 2. The van der Waals surface area contributed by atoms with Crippen LogP contribution in [0, 0.1) is 0 Å². The van der Waals surface area contributed by atoms with E-state index in [2.05, 4.69) is 9.98 Å². The maximum Gasteiger partial charge on any atom is 0.335 e. The van der Waals surface area contributed by atoms with Crippen molar-refractivity contribution in [2.45, 2.75) is 0 Å². The zero-order chi connectivity index (χ0) is 18.5. The summed E-state index contributed by atoms with van der Waals surface area (Å²) < 4.78 is 0. The van der Waals surface area contributed by atoms with Crippen LogP contribution >= 0.6 is 0 Å². The lowest BCUT2D eigenvalue weighted by atomic mass is 10.1. The summed E-state index contributed by atoms with van der Waals surface area (Å²) in [5.74, 6) is -2.41. The molecule has 0 aliphatic rings. The van der Waals surface area contributed by atoms with Gasteiger partial charge in [0, 0.05) is 18.6 Å². The van der Waals surface area contributed by atoms with Crippen LogP contribution in [0.3, 0.4) is 0 Å². The van der Waals surface area contributed by atoms with Gasteiger partial charge in [0.25, 0.3) is 0 Å². The molecule has 1 heterocycles. The first-order valence-corrected chi connectivity index (χ1v) is 7.69. The number of nitrogens with zero attached hydrogens (tertiary/aromatic N) is 2. The highest BCUT2D eigenvalue weighted by Gasteiger charge is 2.10. The number of rotatable bonds is 5. The highest BCUT2D eigenvalue weighted by molar-refractivity contribution is 5.95. The second-order valence-electron chi connectivity index (χ2n) is 5.49. The summed E-state index contributed by atoms with van der Waals surface area (Å²) in [7, 11) is 0. The fourth-order valence-corrected chi connectivity index (χ4v) is 2.39. The van der Waals surface area contributed by atoms with Crippen LogP contribution in [0.4, 0.5) is 5.69 Å². The first-order valence-electron chi connectivity index (χ1n) is 7.69. The molecule has 0 spiro atoms. The summed E-state index contributed by atoms with van der Waals surface area (Å²) >= 11 is 0. The number of hydrogen-bond acceptors (Lipinski definition) is 4. The van der Waals surface area contributed by atoms with Crippen molar-refractivity contribution in [1.82, 2.24) is 4.98 Å². The van der Waals surface area contributed by atoms with E-state index in [-0.39, 0.29) is 16.8 Å². The Morgan fingerprint density at radius 3 is 1.88 bits per heavy atom. The highest BCUT2D eigenvalue weighted by atomic mass is 16.4. The van der Waals surface area contributed by atoms with Crippen molar-refractivity contribution >= 4 is 23.8 Å². The number of carboxylic acids is 2. The summed E-state index contributed by atoms with van der Waals surface area (Å²) in [6, 6.07) is 15.2. The van der Waals surface area contributed by atoms with Gasteiger partial charge < -0.3 is 10.2 Å². The molecule has 0 aliphatic heterocycles. The minimum Gasteiger partial charge on any atom is -0.478 e. The van der Waals surface area contributed by atoms with Crippen molar-refractivity contribution in [3.8, 4) is 11.1 Å². The molecular formula is C20H14N2O4. The van der Waals surface area contributed by atoms with E-state index in [0.29, 0.717) is 0 Å². The van der Waals surface area contributed by atoms with Gasteiger partial charge in [-0.05, 0) is 47.0 Å². The Labute approximate surface area is 149 Å². The normalized spacial score (nSPS) is 10.8. The minimum absolute atomic E-state index is 0.120. The molecule has 0 fully saturated rings. The molecule has 6 heteroatoms. The standard InChI is InChI=1S/C20H14N2O4/c23-19(24)16-9-17(20(25)26)11-18(10-16)22-12-13-1-3-14(4-2-13)15-5-7-21-8-6-15/h1-12H,(H,23,24)(H,25,26). The fraction of sp³-hybridized carbons (Fsp3) is 0. The largest absolute Gasteiger partial charge is 0.478 e. The molecule has 3 aromatic rings. The van der Waals surface area contributed by atoms with Gasteiger partial charge in [0.15, 0.2) is 0 Å². The number of pyridine rings is 1. The maximum absolute atomic E-state index is 11.1. The molecule has 0 unspecified atom stereocenters. The van der Waals surface area contributed by atoms with Crippen molar-refractivity contribution in [1.29, 1.82) is 0 Å². The predicted octanol–water partition coefficient (Wildman–Crippen LogP) is 3.90. The summed E-state index contributed by atoms with van der Waals surface area (Å²) in [5, 5.41) is 18.2. The van der Waals surface area contributed by atoms with Gasteiger partial charge in [-0.3, -0.25) is 9.98 Å². The molecule has 0 atom stereocenters. The lowest BCUT2D eigenvalue weighted by Crippen LogP contribution is -2.01. The van der Waals surface area contributed by atoms with Crippen molar-refractivity contribution < 1.29 is 19.8 Å². The van der Waals surface area contributed by atoms with Crippen LogP contribution in [-0.4, -0.2) is 33.4 Å². The molecular weight excluding hydrogens is 332 g/mol. The Morgan fingerprint density at radius 2 is 1.35 bits per heavy atom. The molecule has 1 aromatic heterocycles. The topological polar surface area (TPSA) is 99.9 Å². The molecule has 0 saturated carbocycles. The Morgan fingerprint density at radius 1 is 0.808 bits per heavy atom. The van der Waals surface area contributed by atoms with Crippen LogP contribution in [0.2, 0.25) is 0 Å². The number of benzene rings is 2. The van der Waals surface area contributed by atoms with Gasteiger partial charge in [-0.25, -0.2) is 9.59 Å². The van der Waals surface area contributed by atoms with Crippen molar-refractivity contribution in [2.24, 2.45) is 4.99 Å². The lowest BCUT2D eigenvalue weighted by molar-refractivity contribution is 0.0696. The van der Waals surface area contributed by atoms with Gasteiger partial charge in [-0.2, -0.15) is 0 Å². The monoisotopic (exact) mass is 346 g/mol. The van der Waals surface area contributed by atoms with Crippen molar-refractivity contribution in [2.75, 3.05) is 0 Å². The SMILES string of the molecule is O=C(O)c1cc(N=Cc2ccc(-c3ccncc3)cc2)cc(C(=O)O)c1. The molecule has 2 N–H and O–H groups in total. The van der Waals surface area contributed by atoms with Crippen LogP contribution in [-0.2, 0) is 0 Å². The predicted molar refractivity (Wildman–Crippen MR) is 97.3 cm³/mol. The van der Waals surface area contributed by atoms with E-state index in [4.69, 9.17) is 10.2 Å². The average molecular weight is 346 g/mol. The zero-order valence-electron chi connectivity index (χ0n) is 13.5. The van der Waals surface area contributed by atoms with Crippen LogP contribution in [0.5, 0.6) is 0 Å². The smallest absolute Gasteiger partial charge is 0.335 e. The Hall–Kier alpha value is -3.80. The Kier molecular flexibility index (Phi) is 4.85. The molecule has 3 rings (SSSR count). The van der Waals surface area contributed by atoms with Crippen LogP contribution in [0.15, 0.2) is 72.0 Å². The van der Waals surface area contributed by atoms with E-state index >= 15 is 0 Å². The van der Waals surface area contributed by atoms with E-state index in [0.717, 1.165) is 22.8 Å². The van der Waals surface area contributed by atoms with E-state index in [1.807, 2.05) is 36.4 Å². The molecule has 26 heavy (non-hydrogen) atoms. The quantitative estimate of drug-likeness (QED) is 0.683. The third kappa shape index (κ3) is 3.99. The molecule has 0 radical (unpaired) electrons. The van der Waals surface area contributed by atoms with E-state index < -0.39 is 11.9 Å². The fourth-order valence-electron chi connectivity index (χ4n) is 2.39. The summed E-state index contributed by atoms with van der Waals surface area (Å²) in [6.45, 7) is 0. The molecule has 0 amide bonds.